The van der Waals surface area contributed by atoms with E-state index >= 15 is 0 Å². The second kappa shape index (κ2) is 14.8. The Morgan fingerprint density at radius 3 is 1.40 bits per heavy atom. The summed E-state index contributed by atoms with van der Waals surface area (Å²) in [6.07, 6.45) is 0. The van der Waals surface area contributed by atoms with Gasteiger partial charge in [0, 0.05) is 38.5 Å². The molecule has 0 aliphatic carbocycles. The average Bonchev–Trinajstić information content (AvgIpc) is 3.94. The van der Waals surface area contributed by atoms with Crippen molar-refractivity contribution in [2.24, 2.45) is 0 Å². The van der Waals surface area contributed by atoms with Crippen molar-refractivity contribution in [3.05, 3.63) is 242 Å². The van der Waals surface area contributed by atoms with E-state index in [9.17, 15) is 6.85 Å². The number of rotatable bonds is 7. The van der Waals surface area contributed by atoms with Crippen LogP contribution in [-0.4, -0.2) is 9.13 Å². The molecule has 10 aromatic carbocycles. The molecule has 12 aromatic rings. The van der Waals surface area contributed by atoms with Gasteiger partial charge in [-0.05, 0) is 105 Å². The Balaban J connectivity index is 1.09. The number of nitrogens with zero attached hydrogens (tertiary/aromatic N) is 2. The van der Waals surface area contributed by atoms with Gasteiger partial charge >= 0.3 is 0 Å². The van der Waals surface area contributed by atoms with Crippen molar-refractivity contribution in [3.63, 3.8) is 0 Å². The van der Waals surface area contributed by atoms with Crippen LogP contribution in [0.15, 0.2) is 242 Å². The zero-order chi connectivity index (χ0) is 47.1. The van der Waals surface area contributed by atoms with Gasteiger partial charge < -0.3 is 9.13 Å². The van der Waals surface area contributed by atoms with Crippen LogP contribution >= 0.6 is 0 Å². The summed E-state index contributed by atoms with van der Waals surface area (Å²) in [5.41, 5.74) is 13.1. The van der Waals surface area contributed by atoms with Crippen LogP contribution in [0.3, 0.4) is 0 Å². The Hall–Kier alpha value is -8.20. The Labute approximate surface area is 370 Å². The number of benzene rings is 10. The van der Waals surface area contributed by atoms with E-state index in [1.54, 1.807) is 4.57 Å². The lowest BCUT2D eigenvalue weighted by Gasteiger charge is -2.13. The maximum Gasteiger partial charge on any atom is 0.0645 e. The lowest BCUT2D eigenvalue weighted by atomic mass is 9.97. The smallest absolute Gasteiger partial charge is 0.0645 e. The molecule has 0 fully saturated rings. The summed E-state index contributed by atoms with van der Waals surface area (Å²) in [6.45, 7) is 0. The number of aromatic nitrogens is 2. The monoisotopic (exact) mass is 795 g/mol. The molecule has 0 saturated heterocycles. The highest BCUT2D eigenvalue weighted by atomic mass is 15.0. The molecular weight excluding hydrogens is 749 g/mol. The van der Waals surface area contributed by atoms with Crippen molar-refractivity contribution >= 4 is 43.6 Å². The minimum Gasteiger partial charge on any atom is -0.309 e. The van der Waals surface area contributed by atoms with E-state index in [4.69, 9.17) is 2.74 Å². The van der Waals surface area contributed by atoms with Gasteiger partial charge in [0.2, 0.25) is 0 Å². The van der Waals surface area contributed by atoms with Crippen LogP contribution in [0, 0.1) is 0 Å². The third-order valence-electron chi connectivity index (χ3n) is 12.0. The molecule has 0 spiro atoms. The second-order valence-electron chi connectivity index (χ2n) is 15.6. The average molecular weight is 796 g/mol. The number of para-hydroxylation sites is 2. The third-order valence-corrected chi connectivity index (χ3v) is 12.0. The molecule has 2 nitrogen and oxygen atoms in total. The van der Waals surface area contributed by atoms with Crippen LogP contribution in [0.2, 0.25) is 0 Å². The lowest BCUT2D eigenvalue weighted by Crippen LogP contribution is -1.96. The van der Waals surface area contributed by atoms with Crippen LogP contribution in [0.4, 0.5) is 0 Å². The first-order chi connectivity index (χ1) is 33.7. The fourth-order valence-electron chi connectivity index (χ4n) is 8.98. The summed E-state index contributed by atoms with van der Waals surface area (Å²) in [5.74, 6) is 0. The third kappa shape index (κ3) is 6.04. The summed E-state index contributed by atoms with van der Waals surface area (Å²) in [5, 5.41) is 2.20. The summed E-state index contributed by atoms with van der Waals surface area (Å²) in [4.78, 5) is 0. The summed E-state index contributed by atoms with van der Waals surface area (Å²) >= 11 is 0. The van der Waals surface area contributed by atoms with Gasteiger partial charge in [0.15, 0.2) is 0 Å². The van der Waals surface area contributed by atoms with E-state index < -0.39 is 12.1 Å². The molecule has 0 aliphatic rings. The van der Waals surface area contributed by atoms with Gasteiger partial charge in [-0.15, -0.1) is 0 Å². The van der Waals surface area contributed by atoms with Gasteiger partial charge in [-0.3, -0.25) is 0 Å². The quantitative estimate of drug-likeness (QED) is 0.152. The maximum absolute atomic E-state index is 9.96. The van der Waals surface area contributed by atoms with E-state index in [0.29, 0.717) is 11.3 Å². The second-order valence-corrected chi connectivity index (χ2v) is 15.6. The Morgan fingerprint density at radius 1 is 0.290 bits per heavy atom. The largest absolute Gasteiger partial charge is 0.309 e. The minimum atomic E-state index is -0.426. The van der Waals surface area contributed by atoms with Crippen LogP contribution in [-0.2, 0) is 0 Å². The molecule has 2 heteroatoms. The van der Waals surface area contributed by atoms with Gasteiger partial charge in [0.25, 0.3) is 0 Å². The normalized spacial score (nSPS) is 13.1. The molecule has 2 heterocycles. The van der Waals surface area contributed by atoms with Crippen molar-refractivity contribution in [3.8, 4) is 67.0 Å². The van der Waals surface area contributed by atoms with Gasteiger partial charge in [0.05, 0.1) is 31.7 Å². The van der Waals surface area contributed by atoms with E-state index in [0.717, 1.165) is 72.0 Å². The van der Waals surface area contributed by atoms with Crippen molar-refractivity contribution < 1.29 is 9.60 Å². The topological polar surface area (TPSA) is 9.86 Å². The predicted octanol–water partition coefficient (Wildman–Crippen LogP) is 16.2. The molecule has 0 aliphatic heterocycles. The van der Waals surface area contributed by atoms with Crippen LogP contribution in [0.1, 0.15) is 9.60 Å². The first-order valence-electron chi connectivity index (χ1n) is 24.3. The van der Waals surface area contributed by atoms with E-state index in [1.807, 2.05) is 109 Å². The van der Waals surface area contributed by atoms with Gasteiger partial charge in [0.1, 0.15) is 0 Å². The van der Waals surface area contributed by atoms with Crippen molar-refractivity contribution in [1.82, 2.24) is 9.13 Å². The first kappa shape index (κ1) is 29.1. The zero-order valence-electron chi connectivity index (χ0n) is 40.4. The summed E-state index contributed by atoms with van der Waals surface area (Å²) in [6, 6.07) is 65.7. The Bertz CT molecular complexity index is 3980. The van der Waals surface area contributed by atoms with Crippen LogP contribution in [0.25, 0.3) is 111 Å². The van der Waals surface area contributed by atoms with Crippen LogP contribution in [0.5, 0.6) is 0 Å². The van der Waals surface area contributed by atoms with E-state index in [-0.39, 0.29) is 57.6 Å². The highest BCUT2D eigenvalue weighted by Crippen LogP contribution is 2.42. The molecule has 0 N–H and O–H groups in total. The molecule has 0 radical (unpaired) electrons. The summed E-state index contributed by atoms with van der Waals surface area (Å²) < 4.78 is 69.1. The van der Waals surface area contributed by atoms with Crippen molar-refractivity contribution in [2.75, 3.05) is 0 Å². The number of hydrogen-bond acceptors (Lipinski definition) is 0. The van der Waals surface area contributed by atoms with Crippen molar-refractivity contribution in [1.29, 1.82) is 0 Å². The number of hydrogen-bond donors (Lipinski definition) is 0. The molecule has 0 amide bonds. The molecular formula is C60H40N2. The SMILES string of the molecule is [2H]c1c([2H])c([2H])c2c(c1[2H])c1c([2H])c(-c3ccc4c(c3)c3cccc(-c5ccc(-c6ccccc6)cc5)c3n4-c3ccc(-c4ccccc4)cc3)c([2H])c([2H])c1n2-c1ccc(-c2ccccc2)cc1. The minimum absolute atomic E-state index is 0.0838. The first-order valence-corrected chi connectivity index (χ1v) is 20.8. The summed E-state index contributed by atoms with van der Waals surface area (Å²) in [7, 11) is 0. The predicted molar refractivity (Wildman–Crippen MR) is 262 cm³/mol. The van der Waals surface area contributed by atoms with Gasteiger partial charge in [-0.1, -0.05) is 188 Å². The molecule has 290 valence electrons. The highest BCUT2D eigenvalue weighted by molar-refractivity contribution is 6.15. The fourth-order valence-corrected chi connectivity index (χ4v) is 8.98. The van der Waals surface area contributed by atoms with Gasteiger partial charge in [-0.25, -0.2) is 0 Å². The molecule has 62 heavy (non-hydrogen) atoms. The van der Waals surface area contributed by atoms with E-state index in [1.165, 1.54) is 0 Å². The standard InChI is InChI=1S/C60H40N2/c1-4-13-41(14-5-1)44-23-25-47(26-24-44)52-20-12-21-54-56-40-49(32-38-59(56)62(60(52)54)51-35-29-46(30-36-51)43-17-8-3-9-18-43)48-31-37-58-55(39-48)53-19-10-11-22-57(53)61(58)50-33-27-45(28-34-50)42-15-6-2-7-16-42/h1-40H/i10D,11D,19D,22D,31D,37D,39D. The van der Waals surface area contributed by atoms with E-state index in [2.05, 4.69) is 95.6 Å². The van der Waals surface area contributed by atoms with Crippen LogP contribution < -0.4 is 0 Å². The fraction of sp³-hybridized carbons (Fsp3) is 0. The highest BCUT2D eigenvalue weighted by Gasteiger charge is 2.19. The molecule has 0 saturated carbocycles. The molecule has 0 unspecified atom stereocenters. The maximum atomic E-state index is 9.96. The number of fused-ring (bicyclic) bond motifs is 6. The molecule has 12 rings (SSSR count). The van der Waals surface area contributed by atoms with Gasteiger partial charge in [-0.2, -0.15) is 0 Å². The molecule has 0 atom stereocenters. The Morgan fingerprint density at radius 2 is 0.790 bits per heavy atom. The molecule has 0 bridgehead atoms. The van der Waals surface area contributed by atoms with Crippen molar-refractivity contribution in [2.45, 2.75) is 0 Å². The zero-order valence-corrected chi connectivity index (χ0v) is 33.4. The molecule has 2 aromatic heterocycles. The Kier molecular flexibility index (Phi) is 6.95. The lowest BCUT2D eigenvalue weighted by molar-refractivity contribution is 1.18.